The molecule has 0 amide bonds. The Balaban J connectivity index is -0.000000416. The highest BCUT2D eigenvalue weighted by Crippen LogP contribution is 2.04. The number of nitrogens with two attached hydrogens (primary N) is 5. The van der Waals surface area contributed by atoms with Gasteiger partial charge in [0.05, 0.1) is 0 Å². The monoisotopic (exact) mass is 480 g/mol. The van der Waals surface area contributed by atoms with Crippen molar-refractivity contribution in [3.05, 3.63) is 0 Å². The van der Waals surface area contributed by atoms with Crippen molar-refractivity contribution in [2.75, 3.05) is 13.2 Å². The molecule has 196 valence electrons. The number of aliphatic carboxylic acids is 3. The van der Waals surface area contributed by atoms with Crippen LogP contribution in [0.2, 0.25) is 0 Å². The van der Waals surface area contributed by atoms with Crippen LogP contribution in [0.1, 0.15) is 65.2 Å². The molecule has 0 saturated heterocycles. The third-order valence-corrected chi connectivity index (χ3v) is 4.57. The fraction of sp³-hybridized carbons (Fsp3) is 0.800. The largest absolute Gasteiger partial charge is 0.480 e. The van der Waals surface area contributed by atoms with E-state index in [1.54, 1.807) is 0 Å². The van der Waals surface area contributed by atoms with E-state index in [0.717, 1.165) is 32.1 Å². The van der Waals surface area contributed by atoms with Crippen molar-refractivity contribution in [3.8, 4) is 0 Å². The highest BCUT2D eigenvalue weighted by molar-refractivity contribution is 5.75. The Hall–Kier alpha value is -2.48. The van der Waals surface area contributed by atoms with E-state index in [1.165, 1.54) is 0 Å². The van der Waals surface area contributed by atoms with Crippen molar-refractivity contribution in [2.24, 2.45) is 39.6 Å². The molecule has 0 aliphatic heterocycles. The zero-order valence-corrected chi connectivity index (χ0v) is 19.7. The van der Waals surface area contributed by atoms with Crippen molar-refractivity contribution in [3.63, 3.8) is 0 Å². The number of aliphatic hydroxyl groups is 1. The maximum Gasteiger partial charge on any atom is 0.320 e. The summed E-state index contributed by atoms with van der Waals surface area (Å²) < 4.78 is 0. The van der Waals surface area contributed by atoms with Crippen LogP contribution in [0.5, 0.6) is 0 Å². The third-order valence-electron chi connectivity index (χ3n) is 4.57. The third kappa shape index (κ3) is 25.7. The van der Waals surface area contributed by atoms with E-state index < -0.39 is 36.0 Å². The normalized spacial score (nSPS) is 13.6. The quantitative estimate of drug-likeness (QED) is 0.0794. The van der Waals surface area contributed by atoms with Gasteiger partial charge < -0.3 is 49.1 Å². The predicted octanol–water partition coefficient (Wildman–Crippen LogP) is -0.763. The van der Waals surface area contributed by atoms with Crippen LogP contribution in [0.25, 0.3) is 0 Å². The smallest absolute Gasteiger partial charge is 0.320 e. The average molecular weight is 481 g/mol. The fourth-order valence-corrected chi connectivity index (χ4v) is 2.08. The molecule has 0 bridgehead atoms. The van der Waals surface area contributed by atoms with Crippen molar-refractivity contribution >= 4 is 23.9 Å². The zero-order valence-electron chi connectivity index (χ0n) is 19.7. The minimum absolute atomic E-state index is 0.0579. The number of hydrogen-bond acceptors (Lipinski definition) is 8. The molecule has 14 N–H and O–H groups in total. The summed E-state index contributed by atoms with van der Waals surface area (Å²) in [5.74, 6) is -2.70. The molecule has 0 aromatic heterocycles. The number of nitrogens with zero attached hydrogens (tertiary/aromatic N) is 1. The lowest BCUT2D eigenvalue weighted by Gasteiger charge is -2.11. The van der Waals surface area contributed by atoms with Gasteiger partial charge >= 0.3 is 17.9 Å². The van der Waals surface area contributed by atoms with Crippen molar-refractivity contribution in [1.29, 1.82) is 0 Å². The molecule has 0 aliphatic carbocycles. The van der Waals surface area contributed by atoms with Gasteiger partial charge in [-0.15, -0.1) is 0 Å². The van der Waals surface area contributed by atoms with E-state index in [0.29, 0.717) is 25.8 Å². The molecule has 0 heterocycles. The molecule has 0 aromatic rings. The Labute approximate surface area is 195 Å². The molecule has 33 heavy (non-hydrogen) atoms. The van der Waals surface area contributed by atoms with Gasteiger partial charge in [-0.25, -0.2) is 0 Å². The van der Waals surface area contributed by atoms with Crippen LogP contribution >= 0.6 is 0 Å². The molecule has 0 aliphatic rings. The van der Waals surface area contributed by atoms with Crippen LogP contribution in [0.15, 0.2) is 4.99 Å². The zero-order chi connectivity index (χ0) is 26.4. The molecule has 0 rings (SSSR count). The lowest BCUT2D eigenvalue weighted by molar-refractivity contribution is -0.140. The van der Waals surface area contributed by atoms with Crippen molar-refractivity contribution < 1.29 is 34.8 Å². The summed E-state index contributed by atoms with van der Waals surface area (Å²) in [6.07, 6.45) is 5.57. The summed E-state index contributed by atoms with van der Waals surface area (Å²) in [5.41, 5.74) is 26.0. The molecule has 0 aromatic carbocycles. The van der Waals surface area contributed by atoms with Gasteiger partial charge in [-0.1, -0.05) is 33.1 Å². The number of hydrogen-bond donors (Lipinski definition) is 9. The Kier molecular flexibility index (Phi) is 24.2. The first-order valence-electron chi connectivity index (χ1n) is 10.9. The van der Waals surface area contributed by atoms with Gasteiger partial charge in [-0.3, -0.25) is 19.4 Å². The van der Waals surface area contributed by atoms with Gasteiger partial charge in [0.15, 0.2) is 5.96 Å². The standard InChI is InChI=1S/C7H16N4O2.C7H15NO3.C6H13NO2/c8-5(6(12)13)3-1-2-4-11-7(9)10;8-6(7(10)11)4-2-1-3-5-9;1-3-4(2)5(7)6(8)9/h5H,1-4,8H2,(H,12,13)(H4,9,10,11);6,9H,1-5,8H2,(H,10,11);4-5H,3,7H2,1-2H3,(H,8,9)/t5-;;4-,5-/m1.1/s1. The second-order valence-corrected chi connectivity index (χ2v) is 7.51. The second-order valence-electron chi connectivity index (χ2n) is 7.51. The van der Waals surface area contributed by atoms with E-state index >= 15 is 0 Å². The highest BCUT2D eigenvalue weighted by Gasteiger charge is 2.17. The first-order chi connectivity index (χ1) is 15.3. The number of carbonyl (C=O) groups is 3. The number of aliphatic imine (C=N–C) groups is 1. The molecule has 0 fully saturated rings. The molecule has 4 atom stereocenters. The summed E-state index contributed by atoms with van der Waals surface area (Å²) in [5, 5.41) is 33.5. The Bertz CT molecular complexity index is 559. The van der Waals surface area contributed by atoms with E-state index in [1.807, 2.05) is 13.8 Å². The first kappa shape index (κ1) is 35.1. The van der Waals surface area contributed by atoms with Crippen LogP contribution in [0.4, 0.5) is 0 Å². The number of carboxylic acid groups (broad SMARTS) is 3. The van der Waals surface area contributed by atoms with Gasteiger partial charge in [0.1, 0.15) is 18.1 Å². The van der Waals surface area contributed by atoms with E-state index in [9.17, 15) is 14.4 Å². The van der Waals surface area contributed by atoms with E-state index in [2.05, 4.69) is 4.99 Å². The minimum atomic E-state index is -0.971. The molecule has 0 radical (unpaired) electrons. The molecule has 13 heteroatoms. The Morgan fingerprint density at radius 2 is 1.24 bits per heavy atom. The molecule has 13 nitrogen and oxygen atoms in total. The summed E-state index contributed by atoms with van der Waals surface area (Å²) in [6.45, 7) is 4.45. The Morgan fingerprint density at radius 3 is 1.55 bits per heavy atom. The minimum Gasteiger partial charge on any atom is -0.480 e. The number of carboxylic acids is 3. The average Bonchev–Trinajstić information content (AvgIpc) is 2.75. The summed E-state index contributed by atoms with van der Waals surface area (Å²) >= 11 is 0. The van der Waals surface area contributed by atoms with Gasteiger partial charge in [0.25, 0.3) is 0 Å². The number of guanidine groups is 1. The van der Waals surface area contributed by atoms with Crippen molar-refractivity contribution in [1.82, 2.24) is 0 Å². The summed E-state index contributed by atoms with van der Waals surface area (Å²) in [4.78, 5) is 34.4. The molecular weight excluding hydrogens is 436 g/mol. The SMILES string of the molecule is CC[C@@H](C)[C@@H](N)C(=O)O.NC(CCCCCO)C(=O)O.NC(N)=NCCCC[C@@H](N)C(=O)O. The molecule has 0 spiro atoms. The second kappa shape index (κ2) is 22.7. The first-order valence-corrected chi connectivity index (χ1v) is 10.9. The lowest BCUT2D eigenvalue weighted by Crippen LogP contribution is -2.36. The van der Waals surface area contributed by atoms with Crippen LogP contribution in [0, 0.1) is 5.92 Å². The van der Waals surface area contributed by atoms with Gasteiger partial charge in [-0.05, 0) is 38.0 Å². The van der Waals surface area contributed by atoms with Gasteiger partial charge in [0, 0.05) is 13.2 Å². The maximum atomic E-state index is 10.3. The van der Waals surface area contributed by atoms with Gasteiger partial charge in [0.2, 0.25) is 0 Å². The summed E-state index contributed by atoms with van der Waals surface area (Å²) in [7, 11) is 0. The highest BCUT2D eigenvalue weighted by atomic mass is 16.4. The van der Waals surface area contributed by atoms with E-state index in [4.69, 9.17) is 49.1 Å². The van der Waals surface area contributed by atoms with Crippen molar-refractivity contribution in [2.45, 2.75) is 83.3 Å². The fourth-order valence-electron chi connectivity index (χ4n) is 2.08. The van der Waals surface area contributed by atoms with Crippen LogP contribution in [-0.2, 0) is 14.4 Å². The van der Waals surface area contributed by atoms with Crippen LogP contribution in [0.3, 0.4) is 0 Å². The molecule has 0 saturated carbocycles. The number of unbranched alkanes of at least 4 members (excludes halogenated alkanes) is 3. The molecule has 1 unspecified atom stereocenters. The maximum absolute atomic E-state index is 10.3. The number of aliphatic hydroxyl groups excluding tert-OH is 1. The lowest BCUT2D eigenvalue weighted by atomic mass is 10.0. The molecular formula is C20H44N6O7. The Morgan fingerprint density at radius 1 is 0.788 bits per heavy atom. The summed E-state index contributed by atoms with van der Waals surface area (Å²) in [6, 6.07) is -2.22. The topological polar surface area (TPSA) is 275 Å². The van der Waals surface area contributed by atoms with Gasteiger partial charge in [-0.2, -0.15) is 0 Å². The van der Waals surface area contributed by atoms with Crippen LogP contribution in [-0.4, -0.2) is 75.6 Å². The van der Waals surface area contributed by atoms with Crippen LogP contribution < -0.4 is 28.7 Å². The number of rotatable bonds is 15. The predicted molar refractivity (Wildman–Crippen MR) is 126 cm³/mol. The van der Waals surface area contributed by atoms with E-state index in [-0.39, 0.29) is 18.5 Å².